The molecule has 0 radical (unpaired) electrons. The minimum Gasteiger partial charge on any atom is -0.344 e. The summed E-state index contributed by atoms with van der Waals surface area (Å²) in [7, 11) is 0. The monoisotopic (exact) mass is 457 g/mol. The highest BCUT2D eigenvalue weighted by Crippen LogP contribution is 2.32. The van der Waals surface area contributed by atoms with Gasteiger partial charge in [0.05, 0.1) is 5.57 Å². The molecule has 0 saturated heterocycles. The van der Waals surface area contributed by atoms with E-state index in [1.165, 1.54) is 16.6 Å². The third-order valence-electron chi connectivity index (χ3n) is 5.65. The van der Waals surface area contributed by atoms with Gasteiger partial charge in [0.15, 0.2) is 5.84 Å². The first-order chi connectivity index (χ1) is 15.9. The number of nitrogens with zero attached hydrogens (tertiary/aromatic N) is 4. The second-order valence-electron chi connectivity index (χ2n) is 7.80. The molecule has 0 aliphatic carbocycles. The summed E-state index contributed by atoms with van der Waals surface area (Å²) in [5, 5.41) is 14.9. The number of rotatable bonds is 4. The lowest BCUT2D eigenvalue weighted by Crippen LogP contribution is -2.35. The predicted octanol–water partition coefficient (Wildman–Crippen LogP) is 4.96. The fourth-order valence-corrected chi connectivity index (χ4v) is 4.79. The van der Waals surface area contributed by atoms with Crippen LogP contribution in [0.15, 0.2) is 76.3 Å². The number of benzene rings is 2. The van der Waals surface area contributed by atoms with Crippen LogP contribution in [-0.4, -0.2) is 31.5 Å². The predicted molar refractivity (Wildman–Crippen MR) is 130 cm³/mol. The zero-order valence-corrected chi connectivity index (χ0v) is 18.9. The molecule has 2 aliphatic heterocycles. The van der Waals surface area contributed by atoms with E-state index in [1.54, 1.807) is 24.3 Å². The Morgan fingerprint density at radius 1 is 1.09 bits per heavy atom. The third-order valence-corrected chi connectivity index (χ3v) is 6.60. The lowest BCUT2D eigenvalue weighted by molar-refractivity contribution is -0.114. The maximum absolute atomic E-state index is 14.2. The molecule has 0 unspecified atom stereocenters. The fraction of sp³-hybridized carbons (Fsp3) is 0.120. The first kappa shape index (κ1) is 21.1. The highest BCUT2D eigenvalue weighted by Gasteiger charge is 2.36. The van der Waals surface area contributed by atoms with Gasteiger partial charge in [-0.15, -0.1) is 0 Å². The van der Waals surface area contributed by atoms with E-state index in [0.29, 0.717) is 17.2 Å². The molecular formula is C25H20FN5OS. The van der Waals surface area contributed by atoms with Crippen molar-refractivity contribution in [1.29, 1.82) is 5.41 Å². The number of thioether (sulfide) groups is 1. The van der Waals surface area contributed by atoms with Crippen LogP contribution in [0.3, 0.4) is 0 Å². The Bertz CT molecular complexity index is 1390. The van der Waals surface area contributed by atoms with E-state index in [-0.39, 0.29) is 16.6 Å². The molecule has 2 aromatic carbocycles. The lowest BCUT2D eigenvalue weighted by Gasteiger charge is -2.20. The normalized spacial score (nSPS) is 16.8. The summed E-state index contributed by atoms with van der Waals surface area (Å²) in [6, 6.07) is 18.4. The van der Waals surface area contributed by atoms with Crippen molar-refractivity contribution in [3.05, 3.63) is 100 Å². The van der Waals surface area contributed by atoms with Crippen molar-refractivity contribution in [1.82, 2.24) is 9.58 Å². The second-order valence-corrected chi connectivity index (χ2v) is 8.76. The molecule has 33 heavy (non-hydrogen) atoms. The molecule has 3 heterocycles. The summed E-state index contributed by atoms with van der Waals surface area (Å²) in [4.78, 5) is 16.9. The van der Waals surface area contributed by atoms with Crippen LogP contribution in [0.4, 0.5) is 4.39 Å². The smallest absolute Gasteiger partial charge is 0.283 e. The summed E-state index contributed by atoms with van der Waals surface area (Å²) < 4.78 is 16.4. The molecule has 0 fully saturated rings. The van der Waals surface area contributed by atoms with Crippen LogP contribution in [-0.2, 0) is 11.3 Å². The molecule has 0 saturated carbocycles. The maximum atomic E-state index is 14.2. The molecule has 0 spiro atoms. The van der Waals surface area contributed by atoms with Gasteiger partial charge in [0.25, 0.3) is 5.91 Å². The Morgan fingerprint density at radius 3 is 2.58 bits per heavy atom. The number of aromatic nitrogens is 1. The highest BCUT2D eigenvalue weighted by molar-refractivity contribution is 8.27. The molecule has 3 aromatic rings. The number of nitrogens with one attached hydrogen (secondary N) is 1. The fourth-order valence-electron chi connectivity index (χ4n) is 3.87. The van der Waals surface area contributed by atoms with Gasteiger partial charge in [-0.1, -0.05) is 42.5 Å². The number of carbonyl (C=O) groups is 1. The van der Waals surface area contributed by atoms with E-state index in [2.05, 4.69) is 26.8 Å². The molecular weight excluding hydrogens is 437 g/mol. The highest BCUT2D eigenvalue weighted by atomic mass is 32.2. The summed E-state index contributed by atoms with van der Waals surface area (Å²) in [6.45, 7) is 4.73. The van der Waals surface area contributed by atoms with Crippen molar-refractivity contribution in [3.63, 3.8) is 0 Å². The SMILES string of the molecule is Cc1cc(/C=C2\C(=N)N3N=C(c4ccccc4F)SC3=NC2=O)c(C)n1Cc1ccccc1. The summed E-state index contributed by atoms with van der Waals surface area (Å²) >= 11 is 1.08. The Hall–Kier alpha value is -3.78. The number of hydrogen-bond acceptors (Lipinski definition) is 4. The number of halogens is 1. The maximum Gasteiger partial charge on any atom is 0.283 e. The van der Waals surface area contributed by atoms with Crippen LogP contribution in [0.2, 0.25) is 0 Å². The number of aryl methyl sites for hydroxylation is 1. The molecule has 164 valence electrons. The molecule has 2 aliphatic rings. The Balaban J connectivity index is 1.47. The average molecular weight is 458 g/mol. The number of hydrogen-bond donors (Lipinski definition) is 1. The van der Waals surface area contributed by atoms with Crippen LogP contribution in [0.5, 0.6) is 0 Å². The largest absolute Gasteiger partial charge is 0.344 e. The van der Waals surface area contributed by atoms with Gasteiger partial charge in [0.2, 0.25) is 5.17 Å². The van der Waals surface area contributed by atoms with Gasteiger partial charge < -0.3 is 4.57 Å². The van der Waals surface area contributed by atoms with Crippen molar-refractivity contribution in [2.24, 2.45) is 10.1 Å². The molecule has 5 rings (SSSR count). The van der Waals surface area contributed by atoms with Gasteiger partial charge in [-0.25, -0.2) is 4.39 Å². The standard InChI is InChI=1S/C25H20FN5OS/c1-15-12-18(16(2)30(15)14-17-8-4-3-5-9-17)13-20-22(27)31-25(28-23(20)32)33-24(29-31)19-10-6-7-11-21(19)26/h3-13,27H,14H2,1-2H3/b20-13+,27-22?. The van der Waals surface area contributed by atoms with E-state index < -0.39 is 11.7 Å². The number of amides is 1. The summed E-state index contributed by atoms with van der Waals surface area (Å²) in [5.74, 6) is -0.989. The quantitative estimate of drug-likeness (QED) is 0.563. The zero-order valence-electron chi connectivity index (χ0n) is 18.0. The van der Waals surface area contributed by atoms with Crippen LogP contribution >= 0.6 is 11.8 Å². The van der Waals surface area contributed by atoms with Gasteiger partial charge in [0.1, 0.15) is 10.9 Å². The first-order valence-electron chi connectivity index (χ1n) is 10.4. The Labute approximate surface area is 194 Å². The van der Waals surface area contributed by atoms with E-state index in [1.807, 2.05) is 38.1 Å². The number of fused-ring (bicyclic) bond motifs is 1. The first-order valence-corrected chi connectivity index (χ1v) is 11.2. The Morgan fingerprint density at radius 2 is 1.82 bits per heavy atom. The van der Waals surface area contributed by atoms with Crippen molar-refractivity contribution in [2.75, 3.05) is 0 Å². The topological polar surface area (TPSA) is 73.8 Å². The minimum absolute atomic E-state index is 0.0725. The third kappa shape index (κ3) is 3.82. The van der Waals surface area contributed by atoms with Crippen molar-refractivity contribution in [2.45, 2.75) is 20.4 Å². The molecule has 1 aromatic heterocycles. The van der Waals surface area contributed by atoms with E-state index >= 15 is 0 Å². The van der Waals surface area contributed by atoms with Crippen molar-refractivity contribution in [3.8, 4) is 0 Å². The number of aliphatic imine (C=N–C) groups is 1. The van der Waals surface area contributed by atoms with Gasteiger partial charge in [-0.05, 0) is 61.0 Å². The average Bonchev–Trinajstić information content (AvgIpc) is 3.34. The summed E-state index contributed by atoms with van der Waals surface area (Å²) in [6.07, 6.45) is 1.69. The van der Waals surface area contributed by atoms with Gasteiger partial charge in [-0.2, -0.15) is 15.1 Å². The molecule has 1 N–H and O–H groups in total. The molecule has 0 atom stereocenters. The van der Waals surface area contributed by atoms with Crippen LogP contribution in [0, 0.1) is 25.1 Å². The summed E-state index contributed by atoms with van der Waals surface area (Å²) in [5.41, 5.74) is 4.54. The minimum atomic E-state index is -0.503. The molecule has 0 bridgehead atoms. The van der Waals surface area contributed by atoms with Crippen LogP contribution in [0.1, 0.15) is 28.1 Å². The van der Waals surface area contributed by atoms with Crippen molar-refractivity contribution >= 4 is 39.8 Å². The van der Waals surface area contributed by atoms with Crippen LogP contribution < -0.4 is 0 Å². The van der Waals surface area contributed by atoms with E-state index in [4.69, 9.17) is 5.41 Å². The van der Waals surface area contributed by atoms with Crippen LogP contribution in [0.25, 0.3) is 6.08 Å². The number of amidine groups is 2. The molecule has 6 nitrogen and oxygen atoms in total. The van der Waals surface area contributed by atoms with E-state index in [0.717, 1.165) is 28.7 Å². The molecule has 1 amide bonds. The van der Waals surface area contributed by atoms with Crippen molar-refractivity contribution < 1.29 is 9.18 Å². The second kappa shape index (κ2) is 8.29. The number of hydrazone groups is 1. The van der Waals surface area contributed by atoms with Gasteiger partial charge in [0, 0.05) is 23.5 Å². The van der Waals surface area contributed by atoms with Gasteiger partial charge in [-0.3, -0.25) is 10.2 Å². The van der Waals surface area contributed by atoms with E-state index in [9.17, 15) is 9.18 Å². The number of carbonyl (C=O) groups excluding carboxylic acids is 1. The molecule has 8 heteroatoms. The Kier molecular flexibility index (Phi) is 5.30. The van der Waals surface area contributed by atoms with Gasteiger partial charge >= 0.3 is 0 Å². The zero-order chi connectivity index (χ0) is 23.1. The lowest BCUT2D eigenvalue weighted by atomic mass is 10.1.